The Labute approximate surface area is 167 Å². The maximum absolute atomic E-state index is 12.9. The van der Waals surface area contributed by atoms with Crippen molar-refractivity contribution in [2.24, 2.45) is 5.92 Å². The van der Waals surface area contributed by atoms with Crippen molar-refractivity contribution in [2.45, 2.75) is 51.7 Å². The number of rotatable bonds is 9. The zero-order valence-electron chi connectivity index (χ0n) is 16.6. The summed E-state index contributed by atoms with van der Waals surface area (Å²) in [4.78, 5) is 14.8. The Bertz CT molecular complexity index is 784. The number of carbonyl (C=O) groups excluding carboxylic acids is 1. The predicted octanol–water partition coefficient (Wildman–Crippen LogP) is 2.73. The van der Waals surface area contributed by atoms with Crippen LogP contribution in [0.1, 0.15) is 44.6 Å². The van der Waals surface area contributed by atoms with Gasteiger partial charge in [-0.2, -0.15) is 8.42 Å². The van der Waals surface area contributed by atoms with Gasteiger partial charge >= 0.3 is 10.1 Å². The molecule has 1 saturated heterocycles. The third-order valence-corrected chi connectivity index (χ3v) is 6.53. The Kier molecular flexibility index (Phi) is 6.82. The molecule has 0 spiro atoms. The minimum Gasteiger partial charge on any atom is -0.493 e. The lowest BCUT2D eigenvalue weighted by atomic mass is 9.84. The van der Waals surface area contributed by atoms with E-state index in [4.69, 9.17) is 13.7 Å². The molecule has 0 radical (unpaired) electrons. The summed E-state index contributed by atoms with van der Waals surface area (Å²) < 4.78 is 39.9. The largest absolute Gasteiger partial charge is 0.493 e. The molecular formula is C20H29NO6S. The smallest absolute Gasteiger partial charge is 0.309 e. The molecule has 28 heavy (non-hydrogen) atoms. The molecule has 2 aliphatic rings. The lowest BCUT2D eigenvalue weighted by Crippen LogP contribution is -2.42. The van der Waals surface area contributed by atoms with Crippen molar-refractivity contribution in [3.63, 3.8) is 0 Å². The van der Waals surface area contributed by atoms with E-state index < -0.39 is 10.1 Å². The molecular weight excluding hydrogens is 382 g/mol. The standard InChI is InChI=1S/C20H29NO6S/c1-3-28(23,24)27-19-12-15(9-10-18(19)25-2)13-21(14-17-8-5-11-26-17)20(22)16-6-4-7-16/h9-10,12,16-17H,3-8,11,13-14H2,1-2H3. The van der Waals surface area contributed by atoms with Crippen LogP contribution in [0.5, 0.6) is 11.5 Å². The molecule has 1 aliphatic carbocycles. The average Bonchev–Trinajstić information content (AvgIpc) is 3.13. The molecule has 1 unspecified atom stereocenters. The van der Waals surface area contributed by atoms with E-state index >= 15 is 0 Å². The number of hydrogen-bond donors (Lipinski definition) is 0. The Hall–Kier alpha value is -1.80. The van der Waals surface area contributed by atoms with Gasteiger partial charge in [0.15, 0.2) is 11.5 Å². The van der Waals surface area contributed by atoms with E-state index in [1.807, 2.05) is 11.0 Å². The number of nitrogens with zero attached hydrogens (tertiary/aromatic N) is 1. The fourth-order valence-electron chi connectivity index (χ4n) is 3.48. The summed E-state index contributed by atoms with van der Waals surface area (Å²) in [5, 5.41) is 0. The number of benzene rings is 1. The van der Waals surface area contributed by atoms with Crippen LogP contribution in [0.2, 0.25) is 0 Å². The van der Waals surface area contributed by atoms with Gasteiger partial charge in [0.25, 0.3) is 0 Å². The van der Waals surface area contributed by atoms with Gasteiger partial charge in [0, 0.05) is 25.6 Å². The Morgan fingerprint density at radius 3 is 2.57 bits per heavy atom. The van der Waals surface area contributed by atoms with Crippen LogP contribution < -0.4 is 8.92 Å². The fourth-order valence-corrected chi connectivity index (χ4v) is 4.00. The Balaban J connectivity index is 1.79. The first-order valence-corrected chi connectivity index (χ1v) is 11.5. The first-order valence-electron chi connectivity index (χ1n) is 9.91. The molecule has 1 aromatic rings. The first kappa shape index (κ1) is 20.9. The van der Waals surface area contributed by atoms with E-state index in [0.717, 1.165) is 44.3 Å². The molecule has 1 atom stereocenters. The molecule has 1 aromatic carbocycles. The number of methoxy groups -OCH3 is 1. The quantitative estimate of drug-likeness (QED) is 0.581. The normalized spacial score (nSPS) is 19.9. The maximum Gasteiger partial charge on any atom is 0.309 e. The van der Waals surface area contributed by atoms with Gasteiger partial charge in [-0.15, -0.1) is 0 Å². The van der Waals surface area contributed by atoms with Crippen molar-refractivity contribution in [3.05, 3.63) is 23.8 Å². The third-order valence-electron chi connectivity index (χ3n) is 5.39. The molecule has 1 amide bonds. The summed E-state index contributed by atoms with van der Waals surface area (Å²) in [6, 6.07) is 5.15. The molecule has 0 N–H and O–H groups in total. The van der Waals surface area contributed by atoms with Crippen LogP contribution in [0, 0.1) is 5.92 Å². The first-order chi connectivity index (χ1) is 13.4. The topological polar surface area (TPSA) is 82.1 Å². The minimum absolute atomic E-state index is 0.0680. The SMILES string of the molecule is CCS(=O)(=O)Oc1cc(CN(CC2CCCO2)C(=O)C2CCC2)ccc1OC. The molecule has 7 nitrogen and oxygen atoms in total. The number of hydrogen-bond acceptors (Lipinski definition) is 6. The molecule has 0 aromatic heterocycles. The third kappa shape index (κ3) is 5.17. The molecule has 156 valence electrons. The molecule has 1 heterocycles. The summed E-state index contributed by atoms with van der Waals surface area (Å²) in [6.45, 7) is 3.21. The van der Waals surface area contributed by atoms with E-state index in [1.165, 1.54) is 14.0 Å². The minimum atomic E-state index is -3.67. The average molecular weight is 412 g/mol. The molecule has 8 heteroatoms. The van der Waals surface area contributed by atoms with Crippen LogP contribution in [0.15, 0.2) is 18.2 Å². The van der Waals surface area contributed by atoms with Gasteiger partial charge in [0.1, 0.15) is 0 Å². The molecule has 3 rings (SSSR count). The zero-order valence-corrected chi connectivity index (χ0v) is 17.4. The van der Waals surface area contributed by atoms with Crippen LogP contribution in [0.25, 0.3) is 0 Å². The summed E-state index contributed by atoms with van der Waals surface area (Å²) in [5.41, 5.74) is 0.799. The van der Waals surface area contributed by atoms with Gasteiger partial charge in [-0.25, -0.2) is 0 Å². The Morgan fingerprint density at radius 1 is 1.21 bits per heavy atom. The van der Waals surface area contributed by atoms with E-state index in [9.17, 15) is 13.2 Å². The van der Waals surface area contributed by atoms with Gasteiger partial charge in [0.05, 0.1) is 19.0 Å². The lowest BCUT2D eigenvalue weighted by Gasteiger charge is -2.33. The number of carbonyl (C=O) groups is 1. The van der Waals surface area contributed by atoms with Crippen molar-refractivity contribution in [1.82, 2.24) is 4.90 Å². The molecule has 0 bridgehead atoms. The van der Waals surface area contributed by atoms with Crippen molar-refractivity contribution >= 4 is 16.0 Å². The summed E-state index contributed by atoms with van der Waals surface area (Å²) in [6.07, 6.45) is 5.02. The molecule has 2 fully saturated rings. The highest BCUT2D eigenvalue weighted by Crippen LogP contribution is 2.32. The van der Waals surface area contributed by atoms with Gasteiger partial charge in [0.2, 0.25) is 5.91 Å². The van der Waals surface area contributed by atoms with Crippen LogP contribution in [0.4, 0.5) is 0 Å². The van der Waals surface area contributed by atoms with Crippen LogP contribution in [0.3, 0.4) is 0 Å². The second-order valence-corrected chi connectivity index (χ2v) is 9.26. The van der Waals surface area contributed by atoms with Crippen molar-refractivity contribution in [2.75, 3.05) is 26.0 Å². The second-order valence-electron chi connectivity index (χ2n) is 7.40. The van der Waals surface area contributed by atoms with Gasteiger partial charge in [-0.3, -0.25) is 4.79 Å². The highest BCUT2D eigenvalue weighted by molar-refractivity contribution is 7.87. The monoisotopic (exact) mass is 411 g/mol. The maximum atomic E-state index is 12.9. The number of amides is 1. The number of ether oxygens (including phenoxy) is 2. The van der Waals surface area contributed by atoms with E-state index in [1.54, 1.807) is 12.1 Å². The molecule has 1 saturated carbocycles. The van der Waals surface area contributed by atoms with Gasteiger partial charge < -0.3 is 18.6 Å². The summed E-state index contributed by atoms with van der Waals surface area (Å²) in [5.74, 6) is 0.606. The van der Waals surface area contributed by atoms with Crippen LogP contribution in [-0.4, -0.2) is 51.3 Å². The van der Waals surface area contributed by atoms with E-state index in [0.29, 0.717) is 18.8 Å². The lowest BCUT2D eigenvalue weighted by molar-refractivity contribution is -0.140. The van der Waals surface area contributed by atoms with Crippen LogP contribution in [-0.2, 0) is 26.2 Å². The summed E-state index contributed by atoms with van der Waals surface area (Å²) >= 11 is 0. The predicted molar refractivity (Wildman–Crippen MR) is 105 cm³/mol. The van der Waals surface area contributed by atoms with Crippen molar-refractivity contribution in [3.8, 4) is 11.5 Å². The highest BCUT2D eigenvalue weighted by atomic mass is 32.2. The van der Waals surface area contributed by atoms with Crippen molar-refractivity contribution in [1.29, 1.82) is 0 Å². The van der Waals surface area contributed by atoms with Crippen LogP contribution >= 0.6 is 0 Å². The van der Waals surface area contributed by atoms with E-state index in [2.05, 4.69) is 0 Å². The van der Waals surface area contributed by atoms with Gasteiger partial charge in [-0.1, -0.05) is 12.5 Å². The van der Waals surface area contributed by atoms with Crippen molar-refractivity contribution < 1.29 is 26.9 Å². The van der Waals surface area contributed by atoms with Gasteiger partial charge in [-0.05, 0) is 50.3 Å². The zero-order chi connectivity index (χ0) is 20.1. The fraction of sp³-hybridized carbons (Fsp3) is 0.650. The summed E-state index contributed by atoms with van der Waals surface area (Å²) in [7, 11) is -2.21. The highest BCUT2D eigenvalue weighted by Gasteiger charge is 2.31. The Morgan fingerprint density at radius 2 is 2.00 bits per heavy atom. The van der Waals surface area contributed by atoms with E-state index in [-0.39, 0.29) is 29.4 Å². The molecule has 1 aliphatic heterocycles. The second kappa shape index (κ2) is 9.13.